The second-order valence-electron chi connectivity index (χ2n) is 17.8. The second kappa shape index (κ2) is 21.8. The van der Waals surface area contributed by atoms with Gasteiger partial charge in [0.1, 0.15) is 11.9 Å². The van der Waals surface area contributed by atoms with E-state index in [0.29, 0.717) is 19.4 Å². The summed E-state index contributed by atoms with van der Waals surface area (Å²) in [6.07, 6.45) is 11.3. The Morgan fingerprint density at radius 1 is 0.885 bits per heavy atom. The van der Waals surface area contributed by atoms with Crippen molar-refractivity contribution in [1.29, 1.82) is 0 Å². The first-order chi connectivity index (χ1) is 23.9. The highest BCUT2D eigenvalue weighted by molar-refractivity contribution is 5.71. The van der Waals surface area contributed by atoms with E-state index in [1.165, 1.54) is 11.1 Å². The van der Waals surface area contributed by atoms with Crippen molar-refractivity contribution in [3.63, 3.8) is 0 Å². The van der Waals surface area contributed by atoms with E-state index in [1.807, 2.05) is 46.9 Å². The molecule has 52 heavy (non-hydrogen) atoms. The van der Waals surface area contributed by atoms with Gasteiger partial charge in [0, 0.05) is 31.0 Å². The van der Waals surface area contributed by atoms with Crippen molar-refractivity contribution < 1.29 is 23.7 Å². The van der Waals surface area contributed by atoms with E-state index in [1.54, 1.807) is 0 Å². The molecule has 0 saturated carbocycles. The van der Waals surface area contributed by atoms with Crippen LogP contribution >= 0.6 is 0 Å². The molecule has 0 aromatic heterocycles. The van der Waals surface area contributed by atoms with Gasteiger partial charge in [-0.15, -0.1) is 0 Å². The summed E-state index contributed by atoms with van der Waals surface area (Å²) in [4.78, 5) is 17.3. The molecule has 0 spiro atoms. The van der Waals surface area contributed by atoms with E-state index < -0.39 is 11.2 Å². The van der Waals surface area contributed by atoms with Crippen LogP contribution in [0.4, 0.5) is 0 Å². The zero-order valence-corrected chi connectivity index (χ0v) is 35.7. The number of nitrogens with zero attached hydrogens (tertiary/aromatic N) is 1. The van der Waals surface area contributed by atoms with Crippen LogP contribution in [0.3, 0.4) is 0 Å². The average Bonchev–Trinajstić information content (AvgIpc) is 2.99. The van der Waals surface area contributed by atoms with Crippen molar-refractivity contribution in [1.82, 2.24) is 5.32 Å². The number of esters is 1. The summed E-state index contributed by atoms with van der Waals surface area (Å²) in [6, 6.07) is 10.2. The van der Waals surface area contributed by atoms with Crippen molar-refractivity contribution >= 4 is 12.2 Å². The molecule has 1 N–H and O–H groups in total. The molecule has 7 nitrogen and oxygen atoms in total. The molecule has 0 saturated heterocycles. The summed E-state index contributed by atoms with van der Waals surface area (Å²) in [7, 11) is 0. The normalized spacial score (nSPS) is 16.5. The van der Waals surface area contributed by atoms with Crippen molar-refractivity contribution in [3.05, 3.63) is 72.0 Å². The Balaban J connectivity index is 2.48. The fourth-order valence-corrected chi connectivity index (χ4v) is 6.60. The molecule has 0 aliphatic rings. The predicted molar refractivity (Wildman–Crippen MR) is 220 cm³/mol. The minimum Gasteiger partial charge on any atom is -0.494 e. The van der Waals surface area contributed by atoms with E-state index in [0.717, 1.165) is 25.1 Å². The predicted octanol–water partition coefficient (Wildman–Crippen LogP) is 10.6. The molecule has 0 amide bonds. The third-order valence-corrected chi connectivity index (χ3v) is 8.82. The maximum Gasteiger partial charge on any atom is 0.308 e. The standard InChI is InChI=1S/C45H76N2O5/c1-17-18-22-33(2)26-42(9,10)32-47-38(7)39(8)50-35(4)27-45(15,16)52-36(5)28-44(13,14)49-30-37(6)51-41(48)25-34(3)46-31-43(11,12)29-40-23-20-19-21-24-40/h17-24,31,34-38,47H,8,25-30,32H2,1-7,9-16H3/b18-17-,33-22+,46-31+/t34?,35-,36?,37?,38?/m1/s1. The number of benzene rings is 1. The van der Waals surface area contributed by atoms with Crippen LogP contribution in [0, 0.1) is 10.8 Å². The van der Waals surface area contributed by atoms with E-state index in [2.05, 4.69) is 129 Å². The van der Waals surface area contributed by atoms with Gasteiger partial charge in [0.25, 0.3) is 0 Å². The van der Waals surface area contributed by atoms with Crippen LogP contribution in [0.25, 0.3) is 0 Å². The Kier molecular flexibility index (Phi) is 19.9. The second-order valence-corrected chi connectivity index (χ2v) is 17.8. The highest BCUT2D eigenvalue weighted by Gasteiger charge is 2.30. The average molecular weight is 725 g/mol. The number of rotatable bonds is 25. The van der Waals surface area contributed by atoms with Crippen molar-refractivity contribution in [2.24, 2.45) is 15.8 Å². The summed E-state index contributed by atoms with van der Waals surface area (Å²) in [5.41, 5.74) is 1.75. The summed E-state index contributed by atoms with van der Waals surface area (Å²) in [5.74, 6) is 0.469. The molecular formula is C45H76N2O5. The van der Waals surface area contributed by atoms with Gasteiger partial charge < -0.3 is 24.3 Å². The molecule has 1 rings (SSSR count). The fraction of sp³-hybridized carbons (Fsp3) is 0.689. The minimum atomic E-state index is -0.468. The molecular weight excluding hydrogens is 649 g/mol. The number of hydrogen-bond acceptors (Lipinski definition) is 7. The van der Waals surface area contributed by atoms with Crippen molar-refractivity contribution in [2.75, 3.05) is 13.2 Å². The van der Waals surface area contributed by atoms with E-state index in [9.17, 15) is 4.79 Å². The van der Waals surface area contributed by atoms with Gasteiger partial charge in [0.2, 0.25) is 0 Å². The number of carbonyl (C=O) groups is 1. The first-order valence-corrected chi connectivity index (χ1v) is 19.4. The Hall–Kier alpha value is -2.74. The van der Waals surface area contributed by atoms with E-state index in [-0.39, 0.29) is 53.6 Å². The molecule has 0 bridgehead atoms. The highest BCUT2D eigenvalue weighted by Crippen LogP contribution is 2.28. The molecule has 1 aromatic rings. The van der Waals surface area contributed by atoms with Gasteiger partial charge in [-0.25, -0.2) is 0 Å². The van der Waals surface area contributed by atoms with Crippen molar-refractivity contribution in [2.45, 2.75) is 178 Å². The lowest BCUT2D eigenvalue weighted by molar-refractivity contribution is -0.158. The minimum absolute atomic E-state index is 0.0311. The third kappa shape index (κ3) is 21.7. The first kappa shape index (κ1) is 47.3. The Bertz CT molecular complexity index is 1290. The van der Waals surface area contributed by atoms with Crippen LogP contribution in [-0.4, -0.2) is 66.9 Å². The first-order valence-electron chi connectivity index (χ1n) is 19.4. The molecule has 0 fully saturated rings. The van der Waals surface area contributed by atoms with Crippen LogP contribution < -0.4 is 5.32 Å². The quantitative estimate of drug-likeness (QED) is 0.0468. The summed E-state index contributed by atoms with van der Waals surface area (Å²) in [6.45, 7) is 36.9. The van der Waals surface area contributed by atoms with Crippen LogP contribution in [0.1, 0.15) is 135 Å². The molecule has 1 aromatic carbocycles. The van der Waals surface area contributed by atoms with Gasteiger partial charge in [-0.2, -0.15) is 0 Å². The van der Waals surface area contributed by atoms with Crippen LogP contribution in [0.2, 0.25) is 0 Å². The van der Waals surface area contributed by atoms with Gasteiger partial charge in [-0.05, 0) is 100.0 Å². The third-order valence-electron chi connectivity index (χ3n) is 8.82. The molecule has 0 heterocycles. The topological polar surface area (TPSA) is 78.4 Å². The number of carbonyl (C=O) groups excluding carboxylic acids is 1. The lowest BCUT2D eigenvalue weighted by atomic mass is 9.85. The molecule has 4 unspecified atom stereocenters. The lowest BCUT2D eigenvalue weighted by Gasteiger charge is -2.36. The molecule has 7 heteroatoms. The van der Waals surface area contributed by atoms with Crippen LogP contribution in [0.15, 0.2) is 71.5 Å². The summed E-state index contributed by atoms with van der Waals surface area (Å²) >= 11 is 0. The Morgan fingerprint density at radius 3 is 2.12 bits per heavy atom. The van der Waals surface area contributed by atoms with E-state index >= 15 is 0 Å². The van der Waals surface area contributed by atoms with Crippen LogP contribution in [-0.2, 0) is 30.2 Å². The monoisotopic (exact) mass is 725 g/mol. The summed E-state index contributed by atoms with van der Waals surface area (Å²) < 4.78 is 24.7. The van der Waals surface area contributed by atoms with Gasteiger partial charge in [-0.3, -0.25) is 9.79 Å². The maximum atomic E-state index is 12.7. The van der Waals surface area contributed by atoms with Gasteiger partial charge >= 0.3 is 5.97 Å². The number of nitrogens with one attached hydrogen (secondary N) is 1. The SMILES string of the molecule is C=C(O[C@H](C)CC(C)(C)OC(C)CC(C)(C)OCC(C)OC(=O)CC(C)/N=C/C(C)(C)Cc1ccccc1)C(C)NCC(C)(C)C/C(C)=C/C=C\C. The molecule has 5 atom stereocenters. The van der Waals surface area contributed by atoms with Gasteiger partial charge in [0.05, 0.1) is 48.5 Å². The zero-order valence-electron chi connectivity index (χ0n) is 35.7. The van der Waals surface area contributed by atoms with Crippen molar-refractivity contribution in [3.8, 4) is 0 Å². The van der Waals surface area contributed by atoms with E-state index in [4.69, 9.17) is 18.9 Å². The lowest BCUT2D eigenvalue weighted by Crippen LogP contribution is -2.39. The highest BCUT2D eigenvalue weighted by atomic mass is 16.6. The molecule has 0 aliphatic carbocycles. The number of ether oxygens (including phenoxy) is 4. The zero-order chi connectivity index (χ0) is 39.8. The molecule has 0 radical (unpaired) electrons. The van der Waals surface area contributed by atoms with Gasteiger partial charge in [0.15, 0.2) is 0 Å². The number of allylic oxidation sites excluding steroid dienone is 4. The fourth-order valence-electron chi connectivity index (χ4n) is 6.60. The largest absolute Gasteiger partial charge is 0.494 e. The smallest absolute Gasteiger partial charge is 0.308 e. The Labute approximate surface area is 319 Å². The summed E-state index contributed by atoms with van der Waals surface area (Å²) in [5, 5.41) is 3.62. The maximum absolute atomic E-state index is 12.7. The number of hydrogen-bond donors (Lipinski definition) is 1. The molecule has 0 aliphatic heterocycles. The molecule has 296 valence electrons. The number of aliphatic imine (C=N–C) groups is 1. The Morgan fingerprint density at radius 2 is 1.50 bits per heavy atom. The van der Waals surface area contributed by atoms with Crippen LogP contribution in [0.5, 0.6) is 0 Å². The van der Waals surface area contributed by atoms with Gasteiger partial charge in [-0.1, -0.05) is 88.4 Å².